The molecule has 1 atom stereocenters. The molecule has 1 unspecified atom stereocenters. The molecule has 0 aromatic carbocycles. The summed E-state index contributed by atoms with van der Waals surface area (Å²) in [6.45, 7) is 5.21. The highest BCUT2D eigenvalue weighted by Crippen LogP contribution is 2.16. The Balaban J connectivity index is 2.61. The maximum Gasteiger partial charge on any atom is 0.283 e. The molecule has 1 aromatic rings. The predicted molar refractivity (Wildman–Crippen MR) is 80.5 cm³/mol. The summed E-state index contributed by atoms with van der Waals surface area (Å²) in [6.07, 6.45) is 4.95. The molecule has 0 saturated heterocycles. The summed E-state index contributed by atoms with van der Waals surface area (Å²) in [5.74, 6) is 0. The maximum atomic E-state index is 12.0. The Bertz CT molecular complexity index is 446. The standard InChI is InChI=1S/C13H22BrN3O2/c1-3-4-8-17-13(19)12(14)11(9-16-17)15-7-5-6-10(2)18/h9-10,15,18H,3-8H2,1-2H3. The molecule has 1 aromatic heterocycles. The van der Waals surface area contributed by atoms with Crippen molar-refractivity contribution in [1.82, 2.24) is 9.78 Å². The molecular weight excluding hydrogens is 310 g/mol. The quantitative estimate of drug-likeness (QED) is 0.718. The van der Waals surface area contributed by atoms with Crippen LogP contribution in [0.1, 0.15) is 39.5 Å². The van der Waals surface area contributed by atoms with Gasteiger partial charge in [-0.2, -0.15) is 5.10 Å². The monoisotopic (exact) mass is 331 g/mol. The van der Waals surface area contributed by atoms with Crippen molar-refractivity contribution in [2.24, 2.45) is 0 Å². The minimum Gasteiger partial charge on any atom is -0.393 e. The van der Waals surface area contributed by atoms with Crippen molar-refractivity contribution in [3.63, 3.8) is 0 Å². The number of rotatable bonds is 8. The number of aliphatic hydroxyl groups is 1. The molecule has 19 heavy (non-hydrogen) atoms. The van der Waals surface area contributed by atoms with E-state index < -0.39 is 0 Å². The smallest absolute Gasteiger partial charge is 0.283 e. The maximum absolute atomic E-state index is 12.0. The molecule has 2 N–H and O–H groups in total. The average Bonchev–Trinajstić information content (AvgIpc) is 2.38. The van der Waals surface area contributed by atoms with Gasteiger partial charge < -0.3 is 10.4 Å². The molecule has 0 aliphatic carbocycles. The summed E-state index contributed by atoms with van der Waals surface area (Å²) in [4.78, 5) is 12.0. The average molecular weight is 332 g/mol. The first kappa shape index (κ1) is 16.2. The molecule has 1 rings (SSSR count). The number of anilines is 1. The van der Waals surface area contributed by atoms with Crippen LogP contribution in [0, 0.1) is 0 Å². The fourth-order valence-electron chi connectivity index (χ4n) is 1.68. The Morgan fingerprint density at radius 3 is 2.89 bits per heavy atom. The van der Waals surface area contributed by atoms with E-state index in [0.717, 1.165) is 25.7 Å². The van der Waals surface area contributed by atoms with Crippen LogP contribution in [0.4, 0.5) is 5.69 Å². The predicted octanol–water partition coefficient (Wildman–Crippen LogP) is 2.38. The lowest BCUT2D eigenvalue weighted by molar-refractivity contribution is 0.183. The topological polar surface area (TPSA) is 67.2 Å². The first-order valence-electron chi connectivity index (χ1n) is 6.73. The highest BCUT2D eigenvalue weighted by atomic mass is 79.9. The van der Waals surface area contributed by atoms with Crippen LogP contribution in [0.2, 0.25) is 0 Å². The lowest BCUT2D eigenvalue weighted by Gasteiger charge is -2.10. The van der Waals surface area contributed by atoms with Crippen molar-refractivity contribution in [1.29, 1.82) is 0 Å². The fourth-order valence-corrected chi connectivity index (χ4v) is 2.12. The lowest BCUT2D eigenvalue weighted by Crippen LogP contribution is -2.24. The number of hydrogen-bond donors (Lipinski definition) is 2. The minimum atomic E-state index is -0.287. The van der Waals surface area contributed by atoms with Crippen molar-refractivity contribution >= 4 is 21.6 Å². The molecule has 0 aliphatic heterocycles. The largest absolute Gasteiger partial charge is 0.393 e. The first-order chi connectivity index (χ1) is 9.06. The zero-order chi connectivity index (χ0) is 14.3. The molecule has 0 radical (unpaired) electrons. The molecule has 0 bridgehead atoms. The van der Waals surface area contributed by atoms with Gasteiger partial charge in [0.25, 0.3) is 5.56 Å². The second-order valence-electron chi connectivity index (χ2n) is 4.67. The van der Waals surface area contributed by atoms with Gasteiger partial charge in [-0.05, 0) is 42.1 Å². The van der Waals surface area contributed by atoms with Gasteiger partial charge >= 0.3 is 0 Å². The van der Waals surface area contributed by atoms with E-state index in [2.05, 4.69) is 33.3 Å². The molecule has 6 heteroatoms. The van der Waals surface area contributed by atoms with E-state index in [1.54, 1.807) is 13.1 Å². The van der Waals surface area contributed by atoms with Gasteiger partial charge in [0.05, 0.1) is 18.0 Å². The van der Waals surface area contributed by atoms with Gasteiger partial charge in [-0.3, -0.25) is 4.79 Å². The Labute approximate surface area is 122 Å². The van der Waals surface area contributed by atoms with E-state index in [4.69, 9.17) is 5.11 Å². The molecule has 1 heterocycles. The number of aliphatic hydroxyl groups excluding tert-OH is 1. The summed E-state index contributed by atoms with van der Waals surface area (Å²) in [6, 6.07) is 0. The Morgan fingerprint density at radius 1 is 1.53 bits per heavy atom. The Kier molecular flexibility index (Phi) is 7.09. The number of halogens is 1. The van der Waals surface area contributed by atoms with E-state index in [9.17, 15) is 4.79 Å². The van der Waals surface area contributed by atoms with Crippen LogP contribution < -0.4 is 10.9 Å². The summed E-state index contributed by atoms with van der Waals surface area (Å²) >= 11 is 3.32. The molecular formula is C13H22BrN3O2. The van der Waals surface area contributed by atoms with Crippen LogP contribution >= 0.6 is 15.9 Å². The summed E-state index contributed by atoms with van der Waals surface area (Å²) in [5, 5.41) is 16.5. The van der Waals surface area contributed by atoms with E-state index >= 15 is 0 Å². The summed E-state index contributed by atoms with van der Waals surface area (Å²) in [7, 11) is 0. The second-order valence-corrected chi connectivity index (χ2v) is 5.47. The highest BCUT2D eigenvalue weighted by molar-refractivity contribution is 9.10. The molecule has 0 fully saturated rings. The summed E-state index contributed by atoms with van der Waals surface area (Å²) < 4.78 is 2.00. The van der Waals surface area contributed by atoms with Crippen LogP contribution in [-0.4, -0.2) is 27.5 Å². The zero-order valence-corrected chi connectivity index (χ0v) is 13.1. The number of nitrogens with one attached hydrogen (secondary N) is 1. The van der Waals surface area contributed by atoms with Crippen molar-refractivity contribution in [2.45, 2.75) is 52.2 Å². The molecule has 0 saturated carbocycles. The zero-order valence-electron chi connectivity index (χ0n) is 11.5. The van der Waals surface area contributed by atoms with Crippen molar-refractivity contribution in [3.05, 3.63) is 21.0 Å². The third-order valence-corrected chi connectivity index (χ3v) is 3.59. The van der Waals surface area contributed by atoms with Crippen molar-refractivity contribution in [2.75, 3.05) is 11.9 Å². The highest BCUT2D eigenvalue weighted by Gasteiger charge is 2.08. The van der Waals surface area contributed by atoms with Crippen molar-refractivity contribution in [3.8, 4) is 0 Å². The van der Waals surface area contributed by atoms with Gasteiger partial charge in [0, 0.05) is 13.1 Å². The number of unbranched alkanes of at least 4 members (excludes halogenated alkanes) is 1. The van der Waals surface area contributed by atoms with Gasteiger partial charge in [-0.15, -0.1) is 0 Å². The number of aromatic nitrogens is 2. The van der Waals surface area contributed by atoms with E-state index in [0.29, 0.717) is 23.2 Å². The van der Waals surface area contributed by atoms with Gasteiger partial charge in [0.2, 0.25) is 0 Å². The molecule has 0 aliphatic rings. The van der Waals surface area contributed by atoms with Crippen LogP contribution in [0.15, 0.2) is 15.5 Å². The Hall–Kier alpha value is -0.880. The second kappa shape index (κ2) is 8.32. The molecule has 5 nitrogen and oxygen atoms in total. The van der Waals surface area contributed by atoms with Gasteiger partial charge in [0.15, 0.2) is 0 Å². The third kappa shape index (κ3) is 5.32. The van der Waals surface area contributed by atoms with Crippen LogP contribution in [0.5, 0.6) is 0 Å². The van der Waals surface area contributed by atoms with Gasteiger partial charge in [-0.1, -0.05) is 13.3 Å². The lowest BCUT2D eigenvalue weighted by atomic mass is 10.2. The van der Waals surface area contributed by atoms with Gasteiger partial charge in [-0.25, -0.2) is 4.68 Å². The summed E-state index contributed by atoms with van der Waals surface area (Å²) in [5.41, 5.74) is 0.609. The molecule has 0 amide bonds. The number of aryl methyl sites for hydroxylation is 1. The first-order valence-corrected chi connectivity index (χ1v) is 7.53. The molecule has 0 spiro atoms. The minimum absolute atomic E-state index is 0.103. The van der Waals surface area contributed by atoms with Crippen LogP contribution in [0.25, 0.3) is 0 Å². The molecule has 108 valence electrons. The van der Waals surface area contributed by atoms with E-state index in [1.807, 2.05) is 0 Å². The van der Waals surface area contributed by atoms with E-state index in [1.165, 1.54) is 4.68 Å². The third-order valence-electron chi connectivity index (χ3n) is 2.82. The Morgan fingerprint density at radius 2 is 2.26 bits per heavy atom. The van der Waals surface area contributed by atoms with Crippen LogP contribution in [0.3, 0.4) is 0 Å². The van der Waals surface area contributed by atoms with Crippen molar-refractivity contribution < 1.29 is 5.11 Å². The SMILES string of the molecule is CCCCn1ncc(NCCCC(C)O)c(Br)c1=O. The fraction of sp³-hybridized carbons (Fsp3) is 0.692. The van der Waals surface area contributed by atoms with E-state index in [-0.39, 0.29) is 11.7 Å². The van der Waals surface area contributed by atoms with Crippen LogP contribution in [-0.2, 0) is 6.54 Å². The number of nitrogens with zero attached hydrogens (tertiary/aromatic N) is 2. The number of hydrogen-bond acceptors (Lipinski definition) is 4. The normalized spacial score (nSPS) is 12.4. The van der Waals surface area contributed by atoms with Gasteiger partial charge in [0.1, 0.15) is 4.47 Å².